The molecule has 2 aromatic carbocycles. The summed E-state index contributed by atoms with van der Waals surface area (Å²) in [6.45, 7) is 0. The maximum Gasteiger partial charge on any atom is 0.238 e. The van der Waals surface area contributed by atoms with E-state index in [1.807, 2.05) is 18.2 Å². The predicted octanol–water partition coefficient (Wildman–Crippen LogP) is 2.27. The Bertz CT molecular complexity index is 919. The van der Waals surface area contributed by atoms with Crippen LogP contribution < -0.4 is 16.2 Å². The molecule has 0 aliphatic rings. The Morgan fingerprint density at radius 1 is 1.10 bits per heavy atom. The van der Waals surface area contributed by atoms with Crippen molar-refractivity contribution in [1.29, 1.82) is 0 Å². The Morgan fingerprint density at radius 2 is 1.90 bits per heavy atom. The summed E-state index contributed by atoms with van der Waals surface area (Å²) in [4.78, 5) is 4.18. The second-order valence-corrected chi connectivity index (χ2v) is 6.94. The van der Waals surface area contributed by atoms with Gasteiger partial charge in [-0.1, -0.05) is 0 Å². The molecule has 21 heavy (non-hydrogen) atoms. The van der Waals surface area contributed by atoms with Gasteiger partial charge in [0, 0.05) is 17.1 Å². The van der Waals surface area contributed by atoms with E-state index in [1.165, 1.54) is 23.5 Å². The number of primary sulfonamides is 1. The molecule has 0 fully saturated rings. The zero-order valence-electron chi connectivity index (χ0n) is 10.8. The second-order valence-electron chi connectivity index (χ2n) is 4.50. The number of benzene rings is 2. The van der Waals surface area contributed by atoms with E-state index in [2.05, 4.69) is 10.3 Å². The molecular formula is C13H12N4O2S2. The molecule has 0 bridgehead atoms. The highest BCUT2D eigenvalue weighted by Crippen LogP contribution is 2.26. The summed E-state index contributed by atoms with van der Waals surface area (Å²) >= 11 is 1.53. The quantitative estimate of drug-likeness (QED) is 0.641. The molecule has 0 spiro atoms. The molecule has 0 aliphatic heterocycles. The summed E-state index contributed by atoms with van der Waals surface area (Å²) < 4.78 is 23.9. The van der Waals surface area contributed by atoms with Gasteiger partial charge < -0.3 is 11.1 Å². The van der Waals surface area contributed by atoms with Crippen LogP contribution in [0.3, 0.4) is 0 Å². The van der Waals surface area contributed by atoms with Gasteiger partial charge in [-0.2, -0.15) is 0 Å². The minimum atomic E-state index is -3.79. The predicted molar refractivity (Wildman–Crippen MR) is 85.1 cm³/mol. The molecular weight excluding hydrogens is 308 g/mol. The summed E-state index contributed by atoms with van der Waals surface area (Å²) in [6, 6.07) is 10.1. The zero-order chi connectivity index (χ0) is 15.0. The van der Waals surface area contributed by atoms with Crippen LogP contribution in [-0.2, 0) is 10.0 Å². The number of fused-ring (bicyclic) bond motifs is 1. The highest BCUT2D eigenvalue weighted by Gasteiger charge is 2.10. The molecule has 0 atom stereocenters. The van der Waals surface area contributed by atoms with Crippen molar-refractivity contribution in [3.63, 3.8) is 0 Å². The van der Waals surface area contributed by atoms with Gasteiger partial charge in [0.1, 0.15) is 0 Å². The van der Waals surface area contributed by atoms with Crippen LogP contribution in [0.25, 0.3) is 10.2 Å². The van der Waals surface area contributed by atoms with Gasteiger partial charge in [0.25, 0.3) is 0 Å². The number of hydrogen-bond donors (Lipinski definition) is 3. The van der Waals surface area contributed by atoms with Crippen LogP contribution in [0.1, 0.15) is 0 Å². The van der Waals surface area contributed by atoms with Crippen molar-refractivity contribution in [2.24, 2.45) is 5.14 Å². The summed E-state index contributed by atoms with van der Waals surface area (Å²) in [5, 5.41) is 8.25. The fourth-order valence-corrected chi connectivity index (χ4v) is 3.27. The third kappa shape index (κ3) is 2.97. The highest BCUT2D eigenvalue weighted by atomic mass is 32.2. The lowest BCUT2D eigenvalue weighted by Gasteiger charge is -2.09. The van der Waals surface area contributed by atoms with E-state index in [4.69, 9.17) is 10.9 Å². The van der Waals surface area contributed by atoms with Crippen LogP contribution in [0.15, 0.2) is 46.8 Å². The van der Waals surface area contributed by atoms with Crippen molar-refractivity contribution in [3.05, 3.63) is 41.9 Å². The van der Waals surface area contributed by atoms with Gasteiger partial charge in [0.05, 0.1) is 20.6 Å². The summed E-state index contributed by atoms with van der Waals surface area (Å²) in [5.74, 6) is 0. The number of anilines is 3. The van der Waals surface area contributed by atoms with Gasteiger partial charge >= 0.3 is 0 Å². The number of rotatable bonds is 3. The Labute approximate surface area is 125 Å². The standard InChI is InChI=1S/C13H12N4O2S2/c14-8-3-10(5-11(4-8)21(15,18)19)17-9-1-2-12-13(6-9)20-7-16-12/h1-7,17H,14H2,(H2,15,18,19). The van der Waals surface area contributed by atoms with Crippen LogP contribution in [0.2, 0.25) is 0 Å². The van der Waals surface area contributed by atoms with E-state index in [-0.39, 0.29) is 4.90 Å². The van der Waals surface area contributed by atoms with Crippen LogP contribution >= 0.6 is 11.3 Å². The van der Waals surface area contributed by atoms with Gasteiger partial charge in [-0.3, -0.25) is 0 Å². The zero-order valence-corrected chi connectivity index (χ0v) is 12.4. The molecule has 6 nitrogen and oxygen atoms in total. The lowest BCUT2D eigenvalue weighted by molar-refractivity contribution is 0.598. The number of thiazole rings is 1. The molecule has 1 heterocycles. The first-order valence-corrected chi connectivity index (χ1v) is 8.38. The molecule has 0 saturated heterocycles. The number of nitrogens with zero attached hydrogens (tertiary/aromatic N) is 1. The van der Waals surface area contributed by atoms with Gasteiger partial charge in [0.2, 0.25) is 10.0 Å². The fraction of sp³-hybridized carbons (Fsp3) is 0. The van der Waals surface area contributed by atoms with Crippen molar-refractivity contribution in [2.45, 2.75) is 4.90 Å². The molecule has 0 aliphatic carbocycles. The molecule has 108 valence electrons. The molecule has 3 rings (SSSR count). The molecule has 5 N–H and O–H groups in total. The Morgan fingerprint density at radius 3 is 2.67 bits per heavy atom. The molecule has 0 unspecified atom stereocenters. The van der Waals surface area contributed by atoms with Crippen molar-refractivity contribution in [3.8, 4) is 0 Å². The normalized spacial score (nSPS) is 11.7. The van der Waals surface area contributed by atoms with Gasteiger partial charge in [-0.25, -0.2) is 18.5 Å². The van der Waals surface area contributed by atoms with E-state index in [9.17, 15) is 8.42 Å². The molecule has 8 heteroatoms. The summed E-state index contributed by atoms with van der Waals surface area (Å²) in [7, 11) is -3.79. The van der Waals surface area contributed by atoms with E-state index >= 15 is 0 Å². The van der Waals surface area contributed by atoms with Gasteiger partial charge in [-0.05, 0) is 36.4 Å². The Hall–Kier alpha value is -2.16. The third-order valence-electron chi connectivity index (χ3n) is 2.88. The first-order valence-electron chi connectivity index (χ1n) is 5.95. The number of sulfonamides is 1. The maximum absolute atomic E-state index is 11.4. The molecule has 3 aromatic rings. The molecule has 0 amide bonds. The monoisotopic (exact) mass is 320 g/mol. The van der Waals surface area contributed by atoms with E-state index in [0.717, 1.165) is 15.9 Å². The molecule has 1 aromatic heterocycles. The van der Waals surface area contributed by atoms with Gasteiger partial charge in [0.15, 0.2) is 0 Å². The van der Waals surface area contributed by atoms with Crippen molar-refractivity contribution in [1.82, 2.24) is 4.98 Å². The van der Waals surface area contributed by atoms with Crippen LogP contribution in [-0.4, -0.2) is 13.4 Å². The topological polar surface area (TPSA) is 111 Å². The number of nitrogens with two attached hydrogens (primary N) is 2. The molecule has 0 saturated carbocycles. The Balaban J connectivity index is 1.99. The third-order valence-corrected chi connectivity index (χ3v) is 4.56. The maximum atomic E-state index is 11.4. The van der Waals surface area contributed by atoms with Crippen LogP contribution in [0, 0.1) is 0 Å². The Kier molecular flexibility index (Phi) is 3.28. The average Bonchev–Trinajstić information content (AvgIpc) is 2.84. The SMILES string of the molecule is Nc1cc(Nc2ccc3ncsc3c2)cc(S(N)(=O)=O)c1. The molecule has 0 radical (unpaired) electrons. The van der Waals surface area contributed by atoms with Crippen molar-refractivity contribution < 1.29 is 8.42 Å². The van der Waals surface area contributed by atoms with Crippen LogP contribution in [0.4, 0.5) is 17.1 Å². The number of hydrogen-bond acceptors (Lipinski definition) is 6. The second kappa shape index (κ2) is 4.99. The van der Waals surface area contributed by atoms with Crippen LogP contribution in [0.5, 0.6) is 0 Å². The van der Waals surface area contributed by atoms with E-state index < -0.39 is 10.0 Å². The lowest BCUT2D eigenvalue weighted by atomic mass is 10.2. The van der Waals surface area contributed by atoms with Crippen molar-refractivity contribution in [2.75, 3.05) is 11.1 Å². The summed E-state index contributed by atoms with van der Waals surface area (Å²) in [6.07, 6.45) is 0. The summed E-state index contributed by atoms with van der Waals surface area (Å²) in [5.41, 5.74) is 10.1. The minimum Gasteiger partial charge on any atom is -0.399 e. The highest BCUT2D eigenvalue weighted by molar-refractivity contribution is 7.89. The van der Waals surface area contributed by atoms with E-state index in [1.54, 1.807) is 11.6 Å². The first-order chi connectivity index (χ1) is 9.91. The number of nitrogens with one attached hydrogen (secondary N) is 1. The first kappa shape index (κ1) is 13.8. The van der Waals surface area contributed by atoms with Gasteiger partial charge in [-0.15, -0.1) is 11.3 Å². The largest absolute Gasteiger partial charge is 0.399 e. The fourth-order valence-electron chi connectivity index (χ4n) is 1.96. The number of aromatic nitrogens is 1. The minimum absolute atomic E-state index is 0.0242. The van der Waals surface area contributed by atoms with Crippen molar-refractivity contribution >= 4 is 48.6 Å². The average molecular weight is 320 g/mol. The number of nitrogen functional groups attached to an aromatic ring is 1. The van der Waals surface area contributed by atoms with E-state index in [0.29, 0.717) is 11.4 Å². The lowest BCUT2D eigenvalue weighted by Crippen LogP contribution is -2.12. The smallest absolute Gasteiger partial charge is 0.238 e.